The van der Waals surface area contributed by atoms with Crippen LogP contribution >= 0.6 is 0 Å². The third kappa shape index (κ3) is 2.28. The Labute approximate surface area is 131 Å². The van der Waals surface area contributed by atoms with Gasteiger partial charge in [0.1, 0.15) is 0 Å². The van der Waals surface area contributed by atoms with Crippen LogP contribution in [-0.2, 0) is 0 Å². The summed E-state index contributed by atoms with van der Waals surface area (Å²) in [6, 6.07) is 16.9. The third-order valence-corrected chi connectivity index (χ3v) is 3.84. The molecule has 1 aromatic heterocycles. The first-order chi connectivity index (χ1) is 11.2. The number of aromatic nitrogens is 2. The molecule has 4 rings (SSSR count). The molecule has 3 aromatic carbocycles. The number of nitrogens with one attached hydrogen (secondary N) is 2. The molecule has 0 fully saturated rings. The second kappa shape index (κ2) is 5.14. The molecule has 5 nitrogen and oxygen atoms in total. The van der Waals surface area contributed by atoms with E-state index in [0.29, 0.717) is 11.6 Å². The zero-order chi connectivity index (χ0) is 15.8. The molecule has 0 saturated carbocycles. The Morgan fingerprint density at radius 1 is 1.00 bits per heavy atom. The zero-order valence-electron chi connectivity index (χ0n) is 12.1. The standard InChI is InChI=1S/C18H13N3O2/c22-17(23)14-5-1-2-7-15(14)20-18-19-10-12-9-8-11-4-3-6-13(11)16(12)21-18/h1-10H,(H,22,23)(H2,19,20,21). The van der Waals surface area contributed by atoms with Crippen molar-refractivity contribution in [3.05, 3.63) is 66.4 Å². The minimum atomic E-state index is -0.979. The first kappa shape index (κ1) is 13.3. The molecule has 0 atom stereocenters. The number of benzene rings is 2. The highest BCUT2D eigenvalue weighted by Crippen LogP contribution is 2.26. The van der Waals surface area contributed by atoms with Gasteiger partial charge in [-0.25, -0.2) is 9.78 Å². The molecule has 0 radical (unpaired) electrons. The van der Waals surface area contributed by atoms with Gasteiger partial charge in [-0.15, -0.1) is 0 Å². The minimum absolute atomic E-state index is 0.203. The van der Waals surface area contributed by atoms with E-state index in [1.807, 2.05) is 18.2 Å². The van der Waals surface area contributed by atoms with Crippen molar-refractivity contribution in [2.24, 2.45) is 0 Å². The maximum atomic E-state index is 11.3. The quantitative estimate of drug-likeness (QED) is 0.531. The summed E-state index contributed by atoms with van der Waals surface area (Å²) in [5.41, 5.74) is 1.67. The van der Waals surface area contributed by atoms with Crippen LogP contribution in [0.15, 0.2) is 60.8 Å². The molecule has 0 amide bonds. The van der Waals surface area contributed by atoms with Gasteiger partial charge in [-0.2, -0.15) is 0 Å². The molecule has 0 aliphatic rings. The van der Waals surface area contributed by atoms with Gasteiger partial charge in [0.15, 0.2) is 0 Å². The van der Waals surface area contributed by atoms with Crippen molar-refractivity contribution in [3.8, 4) is 0 Å². The van der Waals surface area contributed by atoms with Gasteiger partial charge in [-0.1, -0.05) is 42.5 Å². The molecule has 0 aliphatic carbocycles. The number of aromatic amines is 1. The molecule has 5 heteroatoms. The summed E-state index contributed by atoms with van der Waals surface area (Å²) >= 11 is 0. The number of aromatic carboxylic acids is 1. The average Bonchev–Trinajstić information content (AvgIpc) is 3.04. The summed E-state index contributed by atoms with van der Waals surface area (Å²) in [6.07, 6.45) is 1.77. The number of H-pyrrole nitrogens is 1. The van der Waals surface area contributed by atoms with E-state index in [1.54, 1.807) is 30.5 Å². The fourth-order valence-corrected chi connectivity index (χ4v) is 2.73. The molecule has 0 saturated heterocycles. The van der Waals surface area contributed by atoms with Gasteiger partial charge in [-0.05, 0) is 17.5 Å². The van der Waals surface area contributed by atoms with Gasteiger partial charge in [0.05, 0.1) is 16.8 Å². The summed E-state index contributed by atoms with van der Waals surface area (Å²) in [7, 11) is 0. The minimum Gasteiger partial charge on any atom is -0.478 e. The predicted octanol–water partition coefficient (Wildman–Crippen LogP) is 4.16. The monoisotopic (exact) mass is 303 g/mol. The van der Waals surface area contributed by atoms with E-state index >= 15 is 0 Å². The SMILES string of the molecule is O=C(O)c1ccccc1Nc1ncc2ccc3cccc3c2[nH]1. The summed E-state index contributed by atoms with van der Waals surface area (Å²) < 4.78 is 0. The number of hydrogen-bond donors (Lipinski definition) is 3. The molecule has 0 aliphatic heterocycles. The van der Waals surface area contributed by atoms with Crippen LogP contribution in [0.5, 0.6) is 0 Å². The van der Waals surface area contributed by atoms with Gasteiger partial charge < -0.3 is 15.4 Å². The van der Waals surface area contributed by atoms with Gasteiger partial charge >= 0.3 is 5.97 Å². The smallest absolute Gasteiger partial charge is 0.337 e. The van der Waals surface area contributed by atoms with Crippen LogP contribution in [-0.4, -0.2) is 21.0 Å². The van der Waals surface area contributed by atoms with Crippen molar-refractivity contribution in [1.82, 2.24) is 9.97 Å². The molecule has 112 valence electrons. The van der Waals surface area contributed by atoms with Gasteiger partial charge in [0.25, 0.3) is 0 Å². The second-order valence-corrected chi connectivity index (χ2v) is 5.27. The van der Waals surface area contributed by atoms with E-state index in [0.717, 1.165) is 21.7 Å². The maximum Gasteiger partial charge on any atom is 0.337 e. The number of carboxylic acids is 1. The molecular formula is C18H13N3O2. The molecule has 0 unspecified atom stereocenters. The molecule has 0 spiro atoms. The summed E-state index contributed by atoms with van der Waals surface area (Å²) in [5, 5.41) is 15.6. The summed E-state index contributed by atoms with van der Waals surface area (Å²) in [5.74, 6) is -0.479. The van der Waals surface area contributed by atoms with Gasteiger partial charge in [-0.3, -0.25) is 0 Å². The first-order valence-electron chi connectivity index (χ1n) is 7.18. The van der Waals surface area contributed by atoms with Crippen molar-refractivity contribution in [2.45, 2.75) is 0 Å². The topological polar surface area (TPSA) is 78.0 Å². The lowest BCUT2D eigenvalue weighted by atomic mass is 10.1. The van der Waals surface area contributed by atoms with Crippen molar-refractivity contribution in [3.63, 3.8) is 0 Å². The lowest BCUT2D eigenvalue weighted by Crippen LogP contribution is -2.04. The van der Waals surface area contributed by atoms with Crippen LogP contribution in [0.1, 0.15) is 10.4 Å². The molecular weight excluding hydrogens is 290 g/mol. The number of rotatable bonds is 3. The molecule has 3 N–H and O–H groups in total. The van der Waals surface area contributed by atoms with E-state index in [2.05, 4.69) is 27.4 Å². The summed E-state index contributed by atoms with van der Waals surface area (Å²) in [6.45, 7) is 0. The number of nitrogens with zero attached hydrogens (tertiary/aromatic N) is 1. The first-order valence-corrected chi connectivity index (χ1v) is 7.18. The van der Waals surface area contributed by atoms with Crippen LogP contribution in [0.2, 0.25) is 0 Å². The van der Waals surface area contributed by atoms with Crippen LogP contribution in [0.25, 0.3) is 21.7 Å². The summed E-state index contributed by atoms with van der Waals surface area (Å²) in [4.78, 5) is 18.9. The van der Waals surface area contributed by atoms with Crippen molar-refractivity contribution >= 4 is 39.3 Å². The maximum absolute atomic E-state index is 11.3. The van der Waals surface area contributed by atoms with E-state index in [-0.39, 0.29) is 5.56 Å². The van der Waals surface area contributed by atoms with Gasteiger partial charge in [0, 0.05) is 17.0 Å². The number of hydrogen-bond acceptors (Lipinski definition) is 3. The Bertz CT molecular complexity index is 1040. The number of fused-ring (bicyclic) bond motifs is 3. The Morgan fingerprint density at radius 3 is 2.70 bits per heavy atom. The second-order valence-electron chi connectivity index (χ2n) is 5.27. The molecule has 4 aromatic rings. The predicted molar refractivity (Wildman–Crippen MR) is 90.3 cm³/mol. The molecule has 1 heterocycles. The Hall–Kier alpha value is -3.34. The van der Waals surface area contributed by atoms with Crippen molar-refractivity contribution < 1.29 is 9.90 Å². The van der Waals surface area contributed by atoms with E-state index in [1.165, 1.54) is 0 Å². The highest BCUT2D eigenvalue weighted by atomic mass is 16.4. The van der Waals surface area contributed by atoms with E-state index in [9.17, 15) is 9.90 Å². The Morgan fingerprint density at radius 2 is 1.83 bits per heavy atom. The highest BCUT2D eigenvalue weighted by molar-refractivity contribution is 6.06. The fourth-order valence-electron chi connectivity index (χ4n) is 2.73. The average molecular weight is 303 g/mol. The van der Waals surface area contributed by atoms with Crippen LogP contribution in [0.4, 0.5) is 11.6 Å². The normalized spacial score (nSPS) is 11.0. The fraction of sp³-hybridized carbons (Fsp3) is 0. The zero-order valence-corrected chi connectivity index (χ0v) is 12.1. The highest BCUT2D eigenvalue weighted by Gasteiger charge is 2.10. The molecule has 23 heavy (non-hydrogen) atoms. The molecule has 0 bridgehead atoms. The number of carbonyl (C=O) groups is 1. The number of para-hydroxylation sites is 1. The van der Waals surface area contributed by atoms with Crippen LogP contribution < -0.4 is 5.32 Å². The number of carboxylic acid groups (broad SMARTS) is 1. The Balaban J connectivity index is 1.82. The third-order valence-electron chi connectivity index (χ3n) is 3.84. The largest absolute Gasteiger partial charge is 0.478 e. The van der Waals surface area contributed by atoms with Gasteiger partial charge in [0.2, 0.25) is 5.95 Å². The van der Waals surface area contributed by atoms with Crippen LogP contribution in [0, 0.1) is 0 Å². The van der Waals surface area contributed by atoms with Crippen LogP contribution in [0.3, 0.4) is 0 Å². The van der Waals surface area contributed by atoms with Crippen molar-refractivity contribution in [1.29, 1.82) is 0 Å². The van der Waals surface area contributed by atoms with Crippen molar-refractivity contribution in [2.75, 3.05) is 5.32 Å². The number of anilines is 2. The van der Waals surface area contributed by atoms with E-state index in [4.69, 9.17) is 0 Å². The lowest BCUT2D eigenvalue weighted by molar-refractivity contribution is 0.0698. The lowest BCUT2D eigenvalue weighted by Gasteiger charge is -2.10. The van der Waals surface area contributed by atoms with E-state index < -0.39 is 5.97 Å². The Kier molecular flexibility index (Phi) is 2.98.